The molecule has 3 rings (SSSR count). The van der Waals surface area contributed by atoms with E-state index in [0.717, 1.165) is 11.1 Å². The maximum atomic E-state index is 12.5. The van der Waals surface area contributed by atoms with E-state index in [9.17, 15) is 9.59 Å². The Hall–Kier alpha value is -2.63. The van der Waals surface area contributed by atoms with Gasteiger partial charge >= 0.3 is 0 Å². The second-order valence-corrected chi connectivity index (χ2v) is 6.19. The topological polar surface area (TPSA) is 84.2 Å². The molecule has 1 aromatic heterocycles. The van der Waals surface area contributed by atoms with Crippen molar-refractivity contribution >= 4 is 23.3 Å². The first-order valence-corrected chi connectivity index (χ1v) is 7.54. The van der Waals surface area contributed by atoms with E-state index in [1.165, 1.54) is 0 Å². The van der Waals surface area contributed by atoms with Crippen molar-refractivity contribution in [1.29, 1.82) is 0 Å². The van der Waals surface area contributed by atoms with Gasteiger partial charge in [-0.15, -0.1) is 0 Å². The first-order chi connectivity index (χ1) is 10.9. The lowest BCUT2D eigenvalue weighted by Gasteiger charge is -2.15. The fourth-order valence-electron chi connectivity index (χ4n) is 2.64. The van der Waals surface area contributed by atoms with Crippen molar-refractivity contribution in [3.05, 3.63) is 41.2 Å². The summed E-state index contributed by atoms with van der Waals surface area (Å²) in [6.07, 6.45) is 1.07. The summed E-state index contributed by atoms with van der Waals surface area (Å²) >= 11 is 0. The van der Waals surface area contributed by atoms with Gasteiger partial charge in [-0.2, -0.15) is 0 Å². The Morgan fingerprint density at radius 2 is 1.61 bits per heavy atom. The van der Waals surface area contributed by atoms with E-state index in [-0.39, 0.29) is 11.8 Å². The molecule has 2 N–H and O–H groups in total. The summed E-state index contributed by atoms with van der Waals surface area (Å²) in [6.45, 7) is 5.67. The number of hydrogen-bond acceptors (Lipinski definition) is 4. The summed E-state index contributed by atoms with van der Waals surface area (Å²) in [5.41, 5.74) is 1.83. The van der Waals surface area contributed by atoms with E-state index in [0.29, 0.717) is 30.1 Å². The van der Waals surface area contributed by atoms with E-state index in [4.69, 9.17) is 4.52 Å². The number of amides is 2. The Balaban J connectivity index is 1.71. The van der Waals surface area contributed by atoms with Gasteiger partial charge in [0.1, 0.15) is 11.2 Å². The SMILES string of the molecule is Cc1cc(C)cc(NC(=O)C2(C(=O)Nc3cc(C)on3)CC2)c1. The number of nitrogens with zero attached hydrogens (tertiary/aromatic N) is 1. The number of hydrogen-bond donors (Lipinski definition) is 2. The highest BCUT2D eigenvalue weighted by molar-refractivity contribution is 6.16. The monoisotopic (exact) mass is 313 g/mol. The molecule has 0 radical (unpaired) electrons. The molecule has 2 aromatic rings. The van der Waals surface area contributed by atoms with Crippen molar-refractivity contribution in [3.63, 3.8) is 0 Å². The van der Waals surface area contributed by atoms with Gasteiger partial charge in [-0.05, 0) is 56.9 Å². The van der Waals surface area contributed by atoms with E-state index >= 15 is 0 Å². The minimum absolute atomic E-state index is 0.278. The van der Waals surface area contributed by atoms with Crippen LogP contribution in [0.15, 0.2) is 28.8 Å². The van der Waals surface area contributed by atoms with Crippen LogP contribution in [-0.4, -0.2) is 17.0 Å². The number of carbonyl (C=O) groups excluding carboxylic acids is 2. The molecule has 1 fully saturated rings. The van der Waals surface area contributed by atoms with Gasteiger partial charge in [-0.3, -0.25) is 9.59 Å². The zero-order valence-electron chi connectivity index (χ0n) is 13.4. The van der Waals surface area contributed by atoms with Crippen LogP contribution in [0.25, 0.3) is 0 Å². The maximum Gasteiger partial charge on any atom is 0.241 e. The zero-order valence-corrected chi connectivity index (χ0v) is 13.4. The third-order valence-electron chi connectivity index (χ3n) is 3.97. The fraction of sp³-hybridized carbons (Fsp3) is 0.353. The van der Waals surface area contributed by atoms with E-state index in [2.05, 4.69) is 15.8 Å². The highest BCUT2D eigenvalue weighted by atomic mass is 16.5. The van der Waals surface area contributed by atoms with Crippen molar-refractivity contribution < 1.29 is 14.1 Å². The Morgan fingerprint density at radius 1 is 1.00 bits per heavy atom. The van der Waals surface area contributed by atoms with Crippen molar-refractivity contribution in [2.45, 2.75) is 33.6 Å². The summed E-state index contributed by atoms with van der Waals surface area (Å²) in [5, 5.41) is 9.23. The molecule has 0 atom stereocenters. The predicted molar refractivity (Wildman–Crippen MR) is 86.1 cm³/mol. The molecule has 6 nitrogen and oxygen atoms in total. The Morgan fingerprint density at radius 3 is 2.13 bits per heavy atom. The lowest BCUT2D eigenvalue weighted by atomic mass is 10.0. The lowest BCUT2D eigenvalue weighted by molar-refractivity contribution is -0.131. The normalized spacial score (nSPS) is 15.1. The van der Waals surface area contributed by atoms with Crippen LogP contribution in [0.2, 0.25) is 0 Å². The molecule has 6 heteroatoms. The van der Waals surface area contributed by atoms with E-state index in [1.54, 1.807) is 13.0 Å². The number of carbonyl (C=O) groups is 2. The largest absolute Gasteiger partial charge is 0.360 e. The number of nitrogens with one attached hydrogen (secondary N) is 2. The van der Waals surface area contributed by atoms with Gasteiger partial charge in [0, 0.05) is 11.8 Å². The third-order valence-corrected chi connectivity index (χ3v) is 3.97. The van der Waals surface area contributed by atoms with Gasteiger partial charge in [-0.1, -0.05) is 11.2 Å². The van der Waals surface area contributed by atoms with Crippen LogP contribution in [0.4, 0.5) is 11.5 Å². The predicted octanol–water partition coefficient (Wildman–Crippen LogP) is 2.96. The molecule has 0 saturated heterocycles. The molecular formula is C17H19N3O3. The highest BCUT2D eigenvalue weighted by Crippen LogP contribution is 2.47. The van der Waals surface area contributed by atoms with Crippen molar-refractivity contribution in [2.75, 3.05) is 10.6 Å². The van der Waals surface area contributed by atoms with Crippen LogP contribution in [0.1, 0.15) is 29.7 Å². The molecule has 1 aliphatic carbocycles. The maximum absolute atomic E-state index is 12.5. The van der Waals surface area contributed by atoms with Crippen LogP contribution in [0.5, 0.6) is 0 Å². The molecule has 1 aromatic carbocycles. The van der Waals surface area contributed by atoms with Gasteiger partial charge in [0.05, 0.1) is 0 Å². The Kier molecular flexibility index (Phi) is 3.67. The van der Waals surface area contributed by atoms with E-state index < -0.39 is 5.41 Å². The average Bonchev–Trinajstić information content (AvgIpc) is 3.17. The molecule has 0 unspecified atom stereocenters. The summed E-state index contributed by atoms with van der Waals surface area (Å²) < 4.78 is 4.92. The molecule has 120 valence electrons. The average molecular weight is 313 g/mol. The number of rotatable bonds is 4. The van der Waals surface area contributed by atoms with Crippen LogP contribution in [0, 0.1) is 26.2 Å². The minimum atomic E-state index is -1.01. The number of anilines is 2. The number of benzene rings is 1. The fourth-order valence-corrected chi connectivity index (χ4v) is 2.64. The van der Waals surface area contributed by atoms with Crippen LogP contribution in [0.3, 0.4) is 0 Å². The van der Waals surface area contributed by atoms with E-state index in [1.807, 2.05) is 32.0 Å². The van der Waals surface area contributed by atoms with Gasteiger partial charge in [-0.25, -0.2) is 0 Å². The summed E-state index contributed by atoms with van der Waals surface area (Å²) in [5.74, 6) is 0.315. The number of aromatic nitrogens is 1. The smallest absolute Gasteiger partial charge is 0.241 e. The molecule has 1 aliphatic rings. The minimum Gasteiger partial charge on any atom is -0.360 e. The van der Waals surface area contributed by atoms with Gasteiger partial charge in [0.25, 0.3) is 0 Å². The highest BCUT2D eigenvalue weighted by Gasteiger charge is 2.56. The van der Waals surface area contributed by atoms with Crippen molar-refractivity contribution in [2.24, 2.45) is 5.41 Å². The molecule has 0 bridgehead atoms. The van der Waals surface area contributed by atoms with Gasteiger partial charge < -0.3 is 15.2 Å². The zero-order chi connectivity index (χ0) is 16.6. The summed E-state index contributed by atoms with van der Waals surface area (Å²) in [4.78, 5) is 25.0. The first-order valence-electron chi connectivity index (χ1n) is 7.54. The van der Waals surface area contributed by atoms with Crippen LogP contribution >= 0.6 is 0 Å². The Labute approximate surface area is 134 Å². The summed E-state index contributed by atoms with van der Waals surface area (Å²) in [6, 6.07) is 7.43. The van der Waals surface area contributed by atoms with Crippen molar-refractivity contribution in [1.82, 2.24) is 5.16 Å². The molecule has 0 spiro atoms. The molecule has 2 amide bonds. The molecule has 0 aliphatic heterocycles. The molecular weight excluding hydrogens is 294 g/mol. The van der Waals surface area contributed by atoms with Crippen molar-refractivity contribution in [3.8, 4) is 0 Å². The summed E-state index contributed by atoms with van der Waals surface area (Å²) in [7, 11) is 0. The Bertz CT molecular complexity index is 755. The lowest BCUT2D eigenvalue weighted by Crippen LogP contribution is -2.35. The van der Waals surface area contributed by atoms with Crippen LogP contribution in [-0.2, 0) is 9.59 Å². The van der Waals surface area contributed by atoms with Crippen LogP contribution < -0.4 is 10.6 Å². The quantitative estimate of drug-likeness (QED) is 0.850. The van der Waals surface area contributed by atoms with Gasteiger partial charge in [0.15, 0.2) is 5.82 Å². The number of aryl methyl sites for hydroxylation is 3. The molecule has 23 heavy (non-hydrogen) atoms. The second kappa shape index (κ2) is 5.53. The molecule has 1 heterocycles. The van der Waals surface area contributed by atoms with Gasteiger partial charge in [0.2, 0.25) is 11.8 Å². The first kappa shape index (κ1) is 15.3. The standard InChI is InChI=1S/C17H19N3O3/c1-10-6-11(2)8-13(7-10)18-15(21)17(4-5-17)16(22)19-14-9-12(3)23-20-14/h6-9H,4-5H2,1-3H3,(H,18,21)(H,19,20,22). The molecule has 1 saturated carbocycles. The second-order valence-electron chi connectivity index (χ2n) is 6.19. The third kappa shape index (κ3) is 3.11.